The zero-order valence-electron chi connectivity index (χ0n) is 15.5. The van der Waals surface area contributed by atoms with Gasteiger partial charge in [-0.25, -0.2) is 0 Å². The molecular formula is C22H20ClN3O2. The molecule has 1 unspecified atom stereocenters. The number of amides is 2. The Morgan fingerprint density at radius 1 is 1.14 bits per heavy atom. The van der Waals surface area contributed by atoms with Crippen molar-refractivity contribution in [3.8, 4) is 6.07 Å². The van der Waals surface area contributed by atoms with Crippen LogP contribution in [0.5, 0.6) is 0 Å². The second-order valence-corrected chi connectivity index (χ2v) is 8.47. The molecule has 3 aliphatic carbocycles. The van der Waals surface area contributed by atoms with E-state index < -0.39 is 0 Å². The van der Waals surface area contributed by atoms with E-state index in [1.54, 1.807) is 48.5 Å². The Morgan fingerprint density at radius 3 is 2.46 bits per heavy atom. The minimum atomic E-state index is -0.214. The summed E-state index contributed by atoms with van der Waals surface area (Å²) in [5, 5.41) is 15.7. The fraction of sp³-hybridized carbons (Fsp3) is 0.318. The van der Waals surface area contributed by atoms with E-state index in [1.165, 1.54) is 0 Å². The number of carbonyl (C=O) groups is 2. The molecule has 3 aliphatic rings. The van der Waals surface area contributed by atoms with Crippen LogP contribution >= 0.6 is 11.6 Å². The summed E-state index contributed by atoms with van der Waals surface area (Å²) in [5.41, 5.74) is 1.43. The summed E-state index contributed by atoms with van der Waals surface area (Å²) >= 11 is 5.88. The second kappa shape index (κ2) is 6.65. The average molecular weight is 394 g/mol. The Kier molecular flexibility index (Phi) is 4.40. The van der Waals surface area contributed by atoms with Gasteiger partial charge in [-0.2, -0.15) is 5.26 Å². The topological polar surface area (TPSA) is 82.0 Å². The van der Waals surface area contributed by atoms with Crippen LogP contribution in [-0.2, 0) is 4.79 Å². The molecule has 2 aromatic rings. The highest BCUT2D eigenvalue weighted by Gasteiger charge is 2.71. The first-order valence-corrected chi connectivity index (χ1v) is 9.62. The van der Waals surface area contributed by atoms with Crippen LogP contribution < -0.4 is 10.6 Å². The molecule has 0 radical (unpaired) electrons. The third-order valence-corrected chi connectivity index (χ3v) is 6.38. The number of nitrogens with one attached hydrogen (secondary N) is 2. The minimum absolute atomic E-state index is 0.0105. The lowest BCUT2D eigenvalue weighted by Crippen LogP contribution is -2.77. The number of carbonyl (C=O) groups excluding carboxylic acids is 2. The van der Waals surface area contributed by atoms with Crippen LogP contribution in [0.1, 0.15) is 42.1 Å². The Bertz CT molecular complexity index is 974. The molecule has 28 heavy (non-hydrogen) atoms. The molecule has 0 saturated heterocycles. The van der Waals surface area contributed by atoms with E-state index in [0.29, 0.717) is 16.1 Å². The van der Waals surface area contributed by atoms with Gasteiger partial charge in [0.15, 0.2) is 0 Å². The summed E-state index contributed by atoms with van der Waals surface area (Å²) in [6.07, 6.45) is 2.41. The van der Waals surface area contributed by atoms with Crippen molar-refractivity contribution in [1.29, 1.82) is 5.26 Å². The molecule has 1 atom stereocenters. The maximum Gasteiger partial charge on any atom is 0.251 e. The van der Waals surface area contributed by atoms with Gasteiger partial charge in [-0.05, 0) is 67.1 Å². The SMILES string of the molecule is CC(C(=O)Nc1ccc(Cl)cc1)C12CC(NC(=O)c3cccc(C#N)c3)(C1)C2. The van der Waals surface area contributed by atoms with E-state index in [1.807, 2.05) is 13.0 Å². The van der Waals surface area contributed by atoms with E-state index in [9.17, 15) is 9.59 Å². The molecule has 0 aromatic heterocycles. The van der Waals surface area contributed by atoms with E-state index in [-0.39, 0.29) is 28.7 Å². The number of hydrogen-bond acceptors (Lipinski definition) is 3. The summed E-state index contributed by atoms with van der Waals surface area (Å²) in [6.45, 7) is 1.95. The van der Waals surface area contributed by atoms with Crippen LogP contribution in [0.4, 0.5) is 5.69 Å². The Morgan fingerprint density at radius 2 is 1.82 bits per heavy atom. The van der Waals surface area contributed by atoms with Gasteiger partial charge in [-0.3, -0.25) is 9.59 Å². The number of hydrogen-bond donors (Lipinski definition) is 2. The highest BCUT2D eigenvalue weighted by molar-refractivity contribution is 6.30. The van der Waals surface area contributed by atoms with Gasteiger partial charge in [0.1, 0.15) is 0 Å². The predicted octanol–water partition coefficient (Wildman–Crippen LogP) is 4.14. The van der Waals surface area contributed by atoms with E-state index in [0.717, 1.165) is 24.9 Å². The predicted molar refractivity (Wildman–Crippen MR) is 107 cm³/mol. The number of nitriles is 1. The van der Waals surface area contributed by atoms with Crippen molar-refractivity contribution in [3.05, 3.63) is 64.7 Å². The van der Waals surface area contributed by atoms with Gasteiger partial charge in [-0.15, -0.1) is 0 Å². The first-order chi connectivity index (χ1) is 13.3. The number of nitrogens with zero attached hydrogens (tertiary/aromatic N) is 1. The molecule has 3 fully saturated rings. The quantitative estimate of drug-likeness (QED) is 0.800. The molecular weight excluding hydrogens is 374 g/mol. The molecule has 2 amide bonds. The number of halogens is 1. The first kappa shape index (κ1) is 18.5. The molecule has 0 spiro atoms. The maximum absolute atomic E-state index is 12.6. The lowest BCUT2D eigenvalue weighted by Gasteiger charge is -2.72. The number of rotatable bonds is 5. The van der Waals surface area contributed by atoms with Gasteiger partial charge in [0.05, 0.1) is 11.6 Å². The van der Waals surface area contributed by atoms with Gasteiger partial charge in [0.2, 0.25) is 5.91 Å². The van der Waals surface area contributed by atoms with Crippen molar-refractivity contribution < 1.29 is 9.59 Å². The molecule has 2 bridgehead atoms. The lowest BCUT2D eigenvalue weighted by molar-refractivity contribution is -0.184. The van der Waals surface area contributed by atoms with Gasteiger partial charge >= 0.3 is 0 Å². The highest BCUT2D eigenvalue weighted by Crippen LogP contribution is 2.70. The van der Waals surface area contributed by atoms with Crippen LogP contribution in [0.15, 0.2) is 48.5 Å². The molecule has 142 valence electrons. The molecule has 5 nitrogen and oxygen atoms in total. The van der Waals surface area contributed by atoms with Gasteiger partial charge in [0, 0.05) is 27.7 Å². The zero-order valence-corrected chi connectivity index (χ0v) is 16.2. The lowest BCUT2D eigenvalue weighted by atomic mass is 9.36. The van der Waals surface area contributed by atoms with Crippen LogP contribution in [0.2, 0.25) is 5.02 Å². The fourth-order valence-electron chi connectivity index (χ4n) is 4.56. The van der Waals surface area contributed by atoms with Crippen molar-refractivity contribution in [3.63, 3.8) is 0 Å². The molecule has 6 heteroatoms. The third-order valence-electron chi connectivity index (χ3n) is 6.13. The molecule has 3 saturated carbocycles. The van der Waals surface area contributed by atoms with Gasteiger partial charge in [-0.1, -0.05) is 24.6 Å². The Hall–Kier alpha value is -2.84. The summed E-state index contributed by atoms with van der Waals surface area (Å²) in [4.78, 5) is 25.1. The van der Waals surface area contributed by atoms with Crippen LogP contribution in [0.25, 0.3) is 0 Å². The number of benzene rings is 2. The smallest absolute Gasteiger partial charge is 0.251 e. The molecule has 0 aliphatic heterocycles. The number of anilines is 1. The minimum Gasteiger partial charge on any atom is -0.347 e. The normalized spacial score (nSPS) is 25.5. The third kappa shape index (κ3) is 3.14. The van der Waals surface area contributed by atoms with E-state index >= 15 is 0 Å². The average Bonchev–Trinajstić information content (AvgIpc) is 2.64. The molecule has 5 rings (SSSR count). The second-order valence-electron chi connectivity index (χ2n) is 8.04. The van der Waals surface area contributed by atoms with E-state index in [4.69, 9.17) is 16.9 Å². The van der Waals surface area contributed by atoms with Gasteiger partial charge < -0.3 is 10.6 Å². The van der Waals surface area contributed by atoms with Crippen LogP contribution in [0.3, 0.4) is 0 Å². The standard InChI is InChI=1S/C22H20ClN3O2/c1-14(19(27)25-18-7-5-17(23)6-8-18)21-11-22(12-21,13-21)26-20(28)16-4-2-3-15(9-16)10-24/h2-9,14H,11-13H2,1H3,(H,25,27)(H,26,28). The fourth-order valence-corrected chi connectivity index (χ4v) is 4.69. The van der Waals surface area contributed by atoms with Crippen molar-refractivity contribution in [2.75, 3.05) is 5.32 Å². The Labute approximate surface area is 168 Å². The van der Waals surface area contributed by atoms with Crippen molar-refractivity contribution >= 4 is 29.1 Å². The highest BCUT2D eigenvalue weighted by atomic mass is 35.5. The van der Waals surface area contributed by atoms with Crippen LogP contribution in [-0.4, -0.2) is 17.4 Å². The summed E-state index contributed by atoms with van der Waals surface area (Å²) in [6, 6.07) is 15.8. The summed E-state index contributed by atoms with van der Waals surface area (Å²) in [7, 11) is 0. The van der Waals surface area contributed by atoms with Crippen LogP contribution in [0, 0.1) is 22.7 Å². The van der Waals surface area contributed by atoms with Crippen molar-refractivity contribution in [2.45, 2.75) is 31.7 Å². The Balaban J connectivity index is 1.34. The van der Waals surface area contributed by atoms with Crippen molar-refractivity contribution in [1.82, 2.24) is 5.32 Å². The summed E-state index contributed by atoms with van der Waals surface area (Å²) < 4.78 is 0. The zero-order chi connectivity index (χ0) is 19.9. The maximum atomic E-state index is 12.6. The molecule has 2 N–H and O–H groups in total. The van der Waals surface area contributed by atoms with Crippen molar-refractivity contribution in [2.24, 2.45) is 11.3 Å². The van der Waals surface area contributed by atoms with E-state index in [2.05, 4.69) is 10.6 Å². The molecule has 0 heterocycles. The molecule has 2 aromatic carbocycles. The summed E-state index contributed by atoms with van der Waals surface area (Å²) in [5.74, 6) is -0.309. The van der Waals surface area contributed by atoms with Gasteiger partial charge in [0.25, 0.3) is 5.91 Å². The first-order valence-electron chi connectivity index (χ1n) is 9.24. The monoisotopic (exact) mass is 393 g/mol. The largest absolute Gasteiger partial charge is 0.347 e.